The monoisotopic (exact) mass is 465 g/mol. The summed E-state index contributed by atoms with van der Waals surface area (Å²) in [6.07, 6.45) is 8.08. The van der Waals surface area contributed by atoms with E-state index in [-0.39, 0.29) is 0 Å². The van der Waals surface area contributed by atoms with Crippen LogP contribution < -0.4 is 0 Å². The van der Waals surface area contributed by atoms with Crippen LogP contribution in [0, 0.1) is 0 Å². The van der Waals surface area contributed by atoms with Gasteiger partial charge in [0.2, 0.25) is 0 Å². The summed E-state index contributed by atoms with van der Waals surface area (Å²) in [6.45, 7) is 8.22. The quantitative estimate of drug-likeness (QED) is 0.200. The highest BCUT2D eigenvalue weighted by Gasteiger charge is 2.16. The normalized spacial score (nSPS) is 11.3. The molecule has 3 nitrogen and oxygen atoms in total. The first kappa shape index (κ1) is 24.9. The maximum Gasteiger partial charge on any atom is 0.140 e. The number of unbranched alkanes of at least 4 members (excludes halogenated alkanes) is 2. The van der Waals surface area contributed by atoms with Gasteiger partial charge >= 0.3 is 0 Å². The fourth-order valence-electron chi connectivity index (χ4n) is 4.61. The lowest BCUT2D eigenvalue weighted by molar-refractivity contribution is 0.241. The van der Waals surface area contributed by atoms with Gasteiger partial charge in [-0.25, -0.2) is 4.98 Å². The maximum absolute atomic E-state index is 4.88. The van der Waals surface area contributed by atoms with Gasteiger partial charge in [0.05, 0.1) is 11.9 Å². The van der Waals surface area contributed by atoms with Crippen molar-refractivity contribution < 1.29 is 0 Å². The molecular weight excluding hydrogens is 426 g/mol. The average molecular weight is 466 g/mol. The van der Waals surface area contributed by atoms with Crippen molar-refractivity contribution >= 4 is 0 Å². The molecule has 3 heteroatoms. The molecule has 0 atom stereocenters. The summed E-state index contributed by atoms with van der Waals surface area (Å²) in [5, 5.41) is 0. The summed E-state index contributed by atoms with van der Waals surface area (Å²) in [6, 6.07) is 30.6. The molecule has 3 aromatic carbocycles. The predicted octanol–water partition coefficient (Wildman–Crippen LogP) is 7.90. The first-order chi connectivity index (χ1) is 17.3. The number of imidazole rings is 1. The lowest BCUT2D eigenvalue weighted by Gasteiger charge is -2.24. The first-order valence-corrected chi connectivity index (χ1v) is 13.2. The molecule has 0 aliphatic heterocycles. The molecule has 1 heterocycles. The van der Waals surface area contributed by atoms with E-state index < -0.39 is 0 Å². The summed E-state index contributed by atoms with van der Waals surface area (Å²) >= 11 is 0. The van der Waals surface area contributed by atoms with E-state index in [1.807, 2.05) is 0 Å². The molecule has 35 heavy (non-hydrogen) atoms. The predicted molar refractivity (Wildman–Crippen MR) is 147 cm³/mol. The summed E-state index contributed by atoms with van der Waals surface area (Å²) in [5.41, 5.74) is 6.62. The van der Waals surface area contributed by atoms with Crippen LogP contribution in [0.25, 0.3) is 11.4 Å². The van der Waals surface area contributed by atoms with Crippen molar-refractivity contribution in [1.29, 1.82) is 0 Å². The Labute approximate surface area is 211 Å². The third-order valence-corrected chi connectivity index (χ3v) is 6.59. The second-order valence-corrected chi connectivity index (χ2v) is 9.50. The maximum atomic E-state index is 4.88. The second-order valence-electron chi connectivity index (χ2n) is 9.50. The van der Waals surface area contributed by atoms with Gasteiger partial charge in [-0.2, -0.15) is 0 Å². The Balaban J connectivity index is 1.58. The van der Waals surface area contributed by atoms with E-state index >= 15 is 0 Å². The Bertz CT molecular complexity index is 1130. The van der Waals surface area contributed by atoms with Gasteiger partial charge in [-0.1, -0.05) is 112 Å². The molecule has 0 amide bonds. The summed E-state index contributed by atoms with van der Waals surface area (Å²) in [5.74, 6) is 1.08. The molecular formula is C32H39N3. The topological polar surface area (TPSA) is 21.1 Å². The van der Waals surface area contributed by atoms with Gasteiger partial charge < -0.3 is 4.57 Å². The number of rotatable bonds is 13. The third-order valence-electron chi connectivity index (χ3n) is 6.59. The van der Waals surface area contributed by atoms with Crippen LogP contribution in [0.4, 0.5) is 0 Å². The number of hydrogen-bond donors (Lipinski definition) is 0. The van der Waals surface area contributed by atoms with Crippen LogP contribution >= 0.6 is 0 Å². The second kappa shape index (κ2) is 13.1. The van der Waals surface area contributed by atoms with E-state index in [0.717, 1.165) is 38.4 Å². The highest BCUT2D eigenvalue weighted by molar-refractivity contribution is 5.55. The lowest BCUT2D eigenvalue weighted by atomic mass is 10.1. The van der Waals surface area contributed by atoms with Crippen molar-refractivity contribution in [2.24, 2.45) is 0 Å². The van der Waals surface area contributed by atoms with Crippen molar-refractivity contribution in [3.8, 4) is 11.4 Å². The van der Waals surface area contributed by atoms with Crippen LogP contribution in [0.1, 0.15) is 61.9 Å². The number of aromatic nitrogens is 2. The van der Waals surface area contributed by atoms with E-state index in [4.69, 9.17) is 4.98 Å². The van der Waals surface area contributed by atoms with Gasteiger partial charge in [0.25, 0.3) is 0 Å². The van der Waals surface area contributed by atoms with E-state index in [9.17, 15) is 0 Å². The number of benzene rings is 3. The molecule has 0 radical (unpaired) electrons. The fourth-order valence-corrected chi connectivity index (χ4v) is 4.61. The van der Waals surface area contributed by atoms with E-state index in [0.29, 0.717) is 0 Å². The van der Waals surface area contributed by atoms with Crippen LogP contribution in [0.3, 0.4) is 0 Å². The number of nitrogens with zero attached hydrogens (tertiary/aromatic N) is 3. The highest BCUT2D eigenvalue weighted by Crippen LogP contribution is 2.23. The Morgan fingerprint density at radius 1 is 0.657 bits per heavy atom. The molecule has 1 aromatic heterocycles. The van der Waals surface area contributed by atoms with Crippen LogP contribution in [-0.2, 0) is 32.6 Å². The minimum Gasteiger partial charge on any atom is -0.327 e. The molecule has 0 saturated carbocycles. The van der Waals surface area contributed by atoms with Crippen molar-refractivity contribution in [3.05, 3.63) is 114 Å². The summed E-state index contributed by atoms with van der Waals surface area (Å²) in [7, 11) is 0. The molecule has 0 fully saturated rings. The molecule has 0 aliphatic carbocycles. The van der Waals surface area contributed by atoms with Gasteiger partial charge in [-0.15, -0.1) is 0 Å². The van der Waals surface area contributed by atoms with Gasteiger partial charge in [0, 0.05) is 31.7 Å². The molecule has 0 N–H and O–H groups in total. The zero-order chi connectivity index (χ0) is 24.3. The minimum absolute atomic E-state index is 0.871. The third kappa shape index (κ3) is 7.16. The van der Waals surface area contributed by atoms with Gasteiger partial charge in [0.15, 0.2) is 0 Å². The Morgan fingerprint density at radius 3 is 1.91 bits per heavy atom. The average Bonchev–Trinajstić information content (AvgIpc) is 3.30. The Kier molecular flexibility index (Phi) is 9.31. The fraction of sp³-hybridized carbons (Fsp3) is 0.344. The van der Waals surface area contributed by atoms with Gasteiger partial charge in [-0.3, -0.25) is 4.90 Å². The van der Waals surface area contributed by atoms with Crippen molar-refractivity contribution in [2.75, 3.05) is 0 Å². The van der Waals surface area contributed by atoms with Crippen molar-refractivity contribution in [2.45, 2.75) is 72.1 Å². The lowest BCUT2D eigenvalue weighted by Crippen LogP contribution is -2.24. The van der Waals surface area contributed by atoms with Crippen LogP contribution in [0.15, 0.2) is 91.1 Å². The van der Waals surface area contributed by atoms with Gasteiger partial charge in [0.1, 0.15) is 5.82 Å². The molecule has 0 bridgehead atoms. The van der Waals surface area contributed by atoms with E-state index in [1.165, 1.54) is 53.6 Å². The zero-order valence-electron chi connectivity index (χ0n) is 21.4. The molecule has 0 unspecified atom stereocenters. The molecule has 0 saturated heterocycles. The summed E-state index contributed by atoms with van der Waals surface area (Å²) in [4.78, 5) is 7.43. The highest BCUT2D eigenvalue weighted by atomic mass is 15.2. The smallest absolute Gasteiger partial charge is 0.140 e. The standard InChI is InChI=1S/C32H39N3/c1-3-5-13-27-18-20-29(21-19-27)25-34(24-28-14-9-7-10-15-28)26-31-23-33-32(35(31)22-6-4-2)30-16-11-8-12-17-30/h7-12,14-21,23H,3-6,13,22,24-26H2,1-2H3. The summed E-state index contributed by atoms with van der Waals surface area (Å²) < 4.78 is 2.44. The van der Waals surface area contributed by atoms with Crippen LogP contribution in [0.2, 0.25) is 0 Å². The number of aryl methyl sites for hydroxylation is 1. The van der Waals surface area contributed by atoms with Gasteiger partial charge in [-0.05, 0) is 36.0 Å². The number of hydrogen-bond acceptors (Lipinski definition) is 2. The molecule has 0 aliphatic rings. The largest absolute Gasteiger partial charge is 0.327 e. The van der Waals surface area contributed by atoms with Crippen LogP contribution in [-0.4, -0.2) is 14.5 Å². The van der Waals surface area contributed by atoms with Crippen molar-refractivity contribution in [1.82, 2.24) is 14.5 Å². The molecule has 0 spiro atoms. The Hall–Kier alpha value is -3.17. The minimum atomic E-state index is 0.871. The molecule has 182 valence electrons. The Morgan fingerprint density at radius 2 is 1.26 bits per heavy atom. The van der Waals surface area contributed by atoms with Crippen molar-refractivity contribution in [3.63, 3.8) is 0 Å². The zero-order valence-corrected chi connectivity index (χ0v) is 21.4. The van der Waals surface area contributed by atoms with E-state index in [1.54, 1.807) is 0 Å². The molecule has 4 aromatic rings. The van der Waals surface area contributed by atoms with Crippen LogP contribution in [0.5, 0.6) is 0 Å². The van der Waals surface area contributed by atoms with E-state index in [2.05, 4.69) is 114 Å². The molecule has 4 rings (SSSR count). The first-order valence-electron chi connectivity index (χ1n) is 13.2. The SMILES string of the molecule is CCCCc1ccc(CN(Cc2ccccc2)Cc2cnc(-c3ccccc3)n2CCCC)cc1.